The Morgan fingerprint density at radius 2 is 1.61 bits per heavy atom. The summed E-state index contributed by atoms with van der Waals surface area (Å²) >= 11 is 1.54. The largest absolute Gasteiger partial charge is 0.353 e. The minimum atomic E-state index is 0.559. The first kappa shape index (κ1) is 12.9. The van der Waals surface area contributed by atoms with E-state index in [1.807, 2.05) is 6.26 Å². The van der Waals surface area contributed by atoms with Crippen molar-refractivity contribution >= 4 is 23.1 Å². The monoisotopic (exact) mass is 259 g/mol. The average Bonchev–Trinajstić information content (AvgIpc) is 2.40. The lowest BCUT2D eigenvalue weighted by atomic mass is 10.0. The summed E-state index contributed by atoms with van der Waals surface area (Å²) in [5.41, 5.74) is 3.31. The lowest BCUT2D eigenvalue weighted by Crippen LogP contribution is -1.94. The topological polar surface area (TPSA) is 37.8 Å². The lowest BCUT2D eigenvalue weighted by molar-refractivity contribution is 0.867. The molecule has 18 heavy (non-hydrogen) atoms. The second-order valence-corrected chi connectivity index (χ2v) is 5.13. The van der Waals surface area contributed by atoms with Gasteiger partial charge in [0.15, 0.2) is 5.16 Å². The molecule has 0 unspecified atom stereocenters. The predicted molar refractivity (Wildman–Crippen MR) is 77.6 cm³/mol. The Morgan fingerprint density at radius 3 is 2.11 bits per heavy atom. The molecule has 0 aliphatic carbocycles. The molecule has 94 valence electrons. The van der Waals surface area contributed by atoms with Crippen molar-refractivity contribution in [2.24, 2.45) is 0 Å². The minimum absolute atomic E-state index is 0.559. The molecule has 0 saturated heterocycles. The van der Waals surface area contributed by atoms with E-state index >= 15 is 0 Å². The smallest absolute Gasteiger partial charge is 0.187 e. The van der Waals surface area contributed by atoms with Crippen LogP contribution in [-0.4, -0.2) is 16.2 Å². The molecule has 1 aromatic carbocycles. The van der Waals surface area contributed by atoms with Crippen LogP contribution in [0.15, 0.2) is 41.8 Å². The van der Waals surface area contributed by atoms with Crippen LogP contribution in [0, 0.1) is 0 Å². The first-order valence-electron chi connectivity index (χ1n) is 5.92. The number of aromatic nitrogens is 2. The van der Waals surface area contributed by atoms with Crippen LogP contribution in [0.5, 0.6) is 0 Å². The van der Waals surface area contributed by atoms with Crippen LogP contribution in [0.1, 0.15) is 25.3 Å². The van der Waals surface area contributed by atoms with Gasteiger partial charge >= 0.3 is 0 Å². The Kier molecular flexibility index (Phi) is 4.20. The molecular formula is C14H17N3S. The maximum atomic E-state index is 4.23. The van der Waals surface area contributed by atoms with Gasteiger partial charge in [0.1, 0.15) is 0 Å². The number of thioether (sulfide) groups is 1. The molecule has 0 saturated carbocycles. The van der Waals surface area contributed by atoms with E-state index in [-0.39, 0.29) is 0 Å². The van der Waals surface area contributed by atoms with Crippen molar-refractivity contribution in [3.63, 3.8) is 0 Å². The molecule has 4 heteroatoms. The van der Waals surface area contributed by atoms with Gasteiger partial charge in [-0.25, -0.2) is 9.97 Å². The summed E-state index contributed by atoms with van der Waals surface area (Å²) < 4.78 is 0. The third-order valence-electron chi connectivity index (χ3n) is 2.68. The number of rotatable bonds is 4. The molecule has 2 rings (SSSR count). The van der Waals surface area contributed by atoms with Gasteiger partial charge in [0, 0.05) is 5.69 Å². The van der Waals surface area contributed by atoms with Gasteiger partial charge in [-0.1, -0.05) is 37.7 Å². The Labute approximate surface area is 112 Å². The summed E-state index contributed by atoms with van der Waals surface area (Å²) in [5.74, 6) is 0.559. The molecule has 1 N–H and O–H groups in total. The normalized spacial score (nSPS) is 10.7. The van der Waals surface area contributed by atoms with Gasteiger partial charge in [-0.2, -0.15) is 0 Å². The molecule has 0 bridgehead atoms. The Bertz CT molecular complexity index is 491. The summed E-state index contributed by atoms with van der Waals surface area (Å²) in [7, 11) is 0. The zero-order valence-corrected chi connectivity index (χ0v) is 11.7. The van der Waals surface area contributed by atoms with Crippen molar-refractivity contribution < 1.29 is 0 Å². The van der Waals surface area contributed by atoms with E-state index in [1.54, 1.807) is 12.4 Å². The first-order valence-corrected chi connectivity index (χ1v) is 7.14. The molecule has 1 aromatic heterocycles. The summed E-state index contributed by atoms with van der Waals surface area (Å²) in [5, 5.41) is 4.07. The average molecular weight is 259 g/mol. The third kappa shape index (κ3) is 3.23. The predicted octanol–water partition coefficient (Wildman–Crippen LogP) is 4.07. The molecule has 2 aromatic rings. The minimum Gasteiger partial charge on any atom is -0.353 e. The first-order chi connectivity index (χ1) is 8.69. The van der Waals surface area contributed by atoms with E-state index < -0.39 is 0 Å². The Morgan fingerprint density at radius 1 is 1.00 bits per heavy atom. The number of hydrogen-bond acceptors (Lipinski definition) is 4. The molecule has 0 radical (unpaired) electrons. The van der Waals surface area contributed by atoms with Gasteiger partial charge in [0.25, 0.3) is 0 Å². The zero-order valence-electron chi connectivity index (χ0n) is 10.8. The molecular weight excluding hydrogens is 242 g/mol. The van der Waals surface area contributed by atoms with Gasteiger partial charge in [0.2, 0.25) is 0 Å². The van der Waals surface area contributed by atoms with E-state index in [0.717, 1.165) is 16.5 Å². The molecule has 0 spiro atoms. The van der Waals surface area contributed by atoms with Crippen LogP contribution in [0.25, 0.3) is 0 Å². The summed E-state index contributed by atoms with van der Waals surface area (Å²) in [6.07, 6.45) is 5.57. The van der Waals surface area contributed by atoms with Crippen LogP contribution >= 0.6 is 11.8 Å². The lowest BCUT2D eigenvalue weighted by Gasteiger charge is -2.09. The molecule has 0 atom stereocenters. The molecule has 0 fully saturated rings. The van der Waals surface area contributed by atoms with Gasteiger partial charge in [-0.15, -0.1) is 0 Å². The highest BCUT2D eigenvalue weighted by molar-refractivity contribution is 7.98. The standard InChI is InChI=1S/C14H17N3S/c1-10(2)11-4-6-12(7-5-11)17-13-8-15-14(18-3)16-9-13/h4-10,17H,1-3H3. The second kappa shape index (κ2) is 5.87. The van der Waals surface area contributed by atoms with Crippen LogP contribution in [0.2, 0.25) is 0 Å². The molecule has 3 nitrogen and oxygen atoms in total. The van der Waals surface area contributed by atoms with Gasteiger partial charge in [-0.3, -0.25) is 0 Å². The summed E-state index contributed by atoms with van der Waals surface area (Å²) in [6.45, 7) is 4.38. The van der Waals surface area contributed by atoms with Gasteiger partial charge in [-0.05, 0) is 29.9 Å². The van der Waals surface area contributed by atoms with E-state index in [9.17, 15) is 0 Å². The number of benzene rings is 1. The third-order valence-corrected chi connectivity index (χ3v) is 3.25. The molecule has 1 heterocycles. The van der Waals surface area contributed by atoms with Crippen molar-refractivity contribution in [1.82, 2.24) is 9.97 Å². The Balaban J connectivity index is 2.08. The highest BCUT2D eigenvalue weighted by atomic mass is 32.2. The summed E-state index contributed by atoms with van der Waals surface area (Å²) in [6, 6.07) is 8.45. The highest BCUT2D eigenvalue weighted by Crippen LogP contribution is 2.20. The highest BCUT2D eigenvalue weighted by Gasteiger charge is 2.00. The number of hydrogen-bond donors (Lipinski definition) is 1. The van der Waals surface area contributed by atoms with E-state index in [2.05, 4.69) is 53.4 Å². The maximum Gasteiger partial charge on any atom is 0.187 e. The van der Waals surface area contributed by atoms with Crippen molar-refractivity contribution in [2.75, 3.05) is 11.6 Å². The molecule has 0 aliphatic heterocycles. The molecule has 0 aliphatic rings. The fourth-order valence-electron chi connectivity index (χ4n) is 1.60. The van der Waals surface area contributed by atoms with E-state index in [4.69, 9.17) is 0 Å². The number of nitrogens with zero attached hydrogens (tertiary/aromatic N) is 2. The second-order valence-electron chi connectivity index (χ2n) is 4.36. The number of anilines is 2. The van der Waals surface area contributed by atoms with Crippen molar-refractivity contribution in [1.29, 1.82) is 0 Å². The summed E-state index contributed by atoms with van der Waals surface area (Å²) in [4.78, 5) is 8.46. The SMILES string of the molecule is CSc1ncc(Nc2ccc(C(C)C)cc2)cn1. The zero-order chi connectivity index (χ0) is 13.0. The molecule has 0 amide bonds. The maximum absolute atomic E-state index is 4.23. The number of nitrogens with one attached hydrogen (secondary N) is 1. The van der Waals surface area contributed by atoms with Crippen molar-refractivity contribution in [2.45, 2.75) is 24.9 Å². The quantitative estimate of drug-likeness (QED) is 0.663. The van der Waals surface area contributed by atoms with E-state index in [1.165, 1.54) is 17.3 Å². The van der Waals surface area contributed by atoms with Crippen LogP contribution in [0.3, 0.4) is 0 Å². The van der Waals surface area contributed by atoms with Crippen LogP contribution in [0.4, 0.5) is 11.4 Å². The fraction of sp³-hybridized carbons (Fsp3) is 0.286. The van der Waals surface area contributed by atoms with E-state index in [0.29, 0.717) is 5.92 Å². The fourth-order valence-corrected chi connectivity index (χ4v) is 1.92. The van der Waals surface area contributed by atoms with Crippen molar-refractivity contribution in [3.8, 4) is 0 Å². The van der Waals surface area contributed by atoms with Crippen molar-refractivity contribution in [3.05, 3.63) is 42.2 Å². The Hall–Kier alpha value is -1.55. The van der Waals surface area contributed by atoms with Crippen LogP contribution in [-0.2, 0) is 0 Å². The van der Waals surface area contributed by atoms with Gasteiger partial charge < -0.3 is 5.32 Å². The van der Waals surface area contributed by atoms with Crippen LogP contribution < -0.4 is 5.32 Å². The van der Waals surface area contributed by atoms with Gasteiger partial charge in [0.05, 0.1) is 18.1 Å².